The highest BCUT2D eigenvalue weighted by Crippen LogP contribution is 2.49. The molecule has 0 fully saturated rings. The molecule has 46 heavy (non-hydrogen) atoms. The largest absolute Gasteiger partial charge is 0.491 e. The number of Topliss-reactive ketones (excluding diaryl/α,β-unsaturated/α-hetero) is 1. The number of amides is 1. The second-order valence-corrected chi connectivity index (χ2v) is 12.6. The van der Waals surface area contributed by atoms with Crippen molar-refractivity contribution in [1.29, 1.82) is 0 Å². The molecule has 3 aromatic rings. The van der Waals surface area contributed by atoms with Crippen LogP contribution in [-0.2, 0) is 27.5 Å². The highest BCUT2D eigenvalue weighted by Gasteiger charge is 2.33. The molecule has 0 aliphatic carbocycles. The van der Waals surface area contributed by atoms with Crippen LogP contribution in [0, 0.1) is 17.7 Å². The van der Waals surface area contributed by atoms with E-state index in [0.717, 1.165) is 11.3 Å². The van der Waals surface area contributed by atoms with Gasteiger partial charge in [-0.1, -0.05) is 37.0 Å². The zero-order chi connectivity index (χ0) is 33.9. The summed E-state index contributed by atoms with van der Waals surface area (Å²) in [5, 5.41) is 19.1. The summed E-state index contributed by atoms with van der Waals surface area (Å²) in [6.45, 7) is 3.34. The number of carboxylic acid groups (broad SMARTS) is 2. The highest BCUT2D eigenvalue weighted by atomic mass is 35.5. The molecule has 15 heteroatoms. The summed E-state index contributed by atoms with van der Waals surface area (Å²) in [6.07, 6.45) is -0.0650. The average molecular weight is 701 g/mol. The first-order valence-corrected chi connectivity index (χ1v) is 15.7. The zero-order valence-corrected chi connectivity index (χ0v) is 27.7. The summed E-state index contributed by atoms with van der Waals surface area (Å²) in [7, 11) is 2.70. The number of ether oxygens (including phenoxy) is 4. The second-order valence-electron chi connectivity index (χ2n) is 10.8. The standard InChI is InChI=1S/C31H32Cl2FNO10S/c1-14(30(38)39)8-19(36)21-11-16-10-20(26(42-3)25(34)29(16)46-21)44-6-5-7-45-28-24(33)18-13-35(22(37)9-15(2)31(40)41)12-17(18)23(32)27(28)43-4/h10-11,14-15H,5-9,12-13H2,1-4H3,(H,38,39)(H,40,41). The van der Waals surface area contributed by atoms with E-state index < -0.39 is 35.4 Å². The number of benzene rings is 2. The molecule has 2 unspecified atom stereocenters. The number of aliphatic carboxylic acids is 2. The Morgan fingerprint density at radius 3 is 2.04 bits per heavy atom. The van der Waals surface area contributed by atoms with Gasteiger partial charge in [0, 0.05) is 48.9 Å². The van der Waals surface area contributed by atoms with E-state index in [0.29, 0.717) is 22.9 Å². The Morgan fingerprint density at radius 1 is 0.891 bits per heavy atom. The van der Waals surface area contributed by atoms with Crippen LogP contribution < -0.4 is 18.9 Å². The monoisotopic (exact) mass is 699 g/mol. The lowest BCUT2D eigenvalue weighted by atomic mass is 10.0. The number of carbonyl (C=O) groups is 4. The lowest BCUT2D eigenvalue weighted by Gasteiger charge is -2.17. The van der Waals surface area contributed by atoms with Crippen molar-refractivity contribution in [1.82, 2.24) is 4.90 Å². The summed E-state index contributed by atoms with van der Waals surface area (Å²) in [6, 6.07) is 3.05. The van der Waals surface area contributed by atoms with Crippen molar-refractivity contribution in [2.45, 2.75) is 46.2 Å². The third-order valence-corrected chi connectivity index (χ3v) is 9.49. The molecule has 0 radical (unpaired) electrons. The summed E-state index contributed by atoms with van der Waals surface area (Å²) in [5.74, 6) is -4.98. The van der Waals surface area contributed by atoms with Crippen LogP contribution in [0.4, 0.5) is 4.39 Å². The Balaban J connectivity index is 1.43. The van der Waals surface area contributed by atoms with Gasteiger partial charge in [-0.2, -0.15) is 0 Å². The predicted octanol–water partition coefficient (Wildman–Crippen LogP) is 6.46. The van der Waals surface area contributed by atoms with Crippen molar-refractivity contribution in [2.75, 3.05) is 27.4 Å². The molecule has 2 N–H and O–H groups in total. The Bertz CT molecular complexity index is 1690. The molecule has 1 aromatic heterocycles. The van der Waals surface area contributed by atoms with Crippen LogP contribution in [0.5, 0.6) is 23.0 Å². The lowest BCUT2D eigenvalue weighted by molar-refractivity contribution is -0.145. The molecular weight excluding hydrogens is 668 g/mol. The number of nitrogens with zero attached hydrogens (tertiary/aromatic N) is 1. The lowest BCUT2D eigenvalue weighted by Crippen LogP contribution is -2.28. The van der Waals surface area contributed by atoms with Crippen molar-refractivity contribution < 1.29 is 52.7 Å². The second kappa shape index (κ2) is 14.7. The van der Waals surface area contributed by atoms with Gasteiger partial charge in [-0.25, -0.2) is 4.39 Å². The van der Waals surface area contributed by atoms with Crippen LogP contribution in [0.25, 0.3) is 10.1 Å². The number of halogens is 3. The fraction of sp³-hybridized carbons (Fsp3) is 0.419. The van der Waals surface area contributed by atoms with E-state index in [1.807, 2.05) is 0 Å². The molecule has 0 bridgehead atoms. The van der Waals surface area contributed by atoms with Gasteiger partial charge in [0.1, 0.15) is 0 Å². The van der Waals surface area contributed by atoms with E-state index in [1.165, 1.54) is 39.0 Å². The average Bonchev–Trinajstić information content (AvgIpc) is 3.65. The van der Waals surface area contributed by atoms with Crippen molar-refractivity contribution in [2.24, 2.45) is 11.8 Å². The Morgan fingerprint density at radius 2 is 1.46 bits per heavy atom. The molecule has 4 rings (SSSR count). The quantitative estimate of drug-likeness (QED) is 0.134. The maximum absolute atomic E-state index is 15.3. The Kier molecular flexibility index (Phi) is 11.2. The minimum atomic E-state index is -1.09. The van der Waals surface area contributed by atoms with Crippen LogP contribution in [0.2, 0.25) is 10.0 Å². The van der Waals surface area contributed by atoms with Gasteiger partial charge in [0.15, 0.2) is 34.6 Å². The molecule has 2 heterocycles. The van der Waals surface area contributed by atoms with E-state index in [2.05, 4.69) is 0 Å². The van der Waals surface area contributed by atoms with Crippen LogP contribution in [0.1, 0.15) is 53.9 Å². The molecule has 0 saturated carbocycles. The number of rotatable bonds is 15. The molecule has 0 saturated heterocycles. The predicted molar refractivity (Wildman–Crippen MR) is 168 cm³/mol. The third-order valence-electron chi connectivity index (χ3n) is 7.51. The molecular formula is C31H32Cl2FNO10S. The normalized spacial score (nSPS) is 13.7. The van der Waals surface area contributed by atoms with Gasteiger partial charge in [-0.3, -0.25) is 19.2 Å². The van der Waals surface area contributed by atoms with Gasteiger partial charge in [0.25, 0.3) is 0 Å². The van der Waals surface area contributed by atoms with Crippen molar-refractivity contribution in [3.63, 3.8) is 0 Å². The van der Waals surface area contributed by atoms with E-state index in [1.54, 1.807) is 6.07 Å². The van der Waals surface area contributed by atoms with Crippen molar-refractivity contribution in [3.05, 3.63) is 44.0 Å². The number of fused-ring (bicyclic) bond motifs is 2. The highest BCUT2D eigenvalue weighted by molar-refractivity contribution is 7.20. The van der Waals surface area contributed by atoms with Crippen LogP contribution in [-0.4, -0.2) is 66.2 Å². The Labute approximate surface area is 277 Å². The first-order valence-electron chi connectivity index (χ1n) is 14.2. The molecule has 1 amide bonds. The van der Waals surface area contributed by atoms with Gasteiger partial charge in [0.05, 0.1) is 58.9 Å². The molecule has 1 aliphatic heterocycles. The number of carbonyl (C=O) groups excluding carboxylic acids is 2. The molecule has 2 aromatic carbocycles. The van der Waals surface area contributed by atoms with Gasteiger partial charge >= 0.3 is 11.9 Å². The van der Waals surface area contributed by atoms with Gasteiger partial charge in [-0.05, 0) is 12.1 Å². The number of hydrogen-bond donors (Lipinski definition) is 2. The summed E-state index contributed by atoms with van der Waals surface area (Å²) in [5.41, 5.74) is 1.17. The van der Waals surface area contributed by atoms with Crippen LogP contribution >= 0.6 is 34.5 Å². The number of hydrogen-bond acceptors (Lipinski definition) is 9. The molecule has 248 valence electrons. The minimum Gasteiger partial charge on any atom is -0.491 e. The SMILES string of the molecule is COc1c(Cl)c2c(c(Cl)c1OCCCOc1cc3cc(C(=O)CC(C)C(=O)O)sc3c(F)c1OC)CN(C(=O)CC(C)C(=O)O)C2. The minimum absolute atomic E-state index is 0.0794. The molecule has 1 aliphatic rings. The molecule has 11 nitrogen and oxygen atoms in total. The van der Waals surface area contributed by atoms with Gasteiger partial charge < -0.3 is 34.1 Å². The van der Waals surface area contributed by atoms with Crippen LogP contribution in [0.3, 0.4) is 0 Å². The topological polar surface area (TPSA) is 149 Å². The maximum Gasteiger partial charge on any atom is 0.306 e. The fourth-order valence-corrected chi connectivity index (χ4v) is 6.56. The van der Waals surface area contributed by atoms with E-state index in [4.69, 9.17) is 52.4 Å². The number of carboxylic acids is 2. The Hall–Kier alpha value is -3.81. The van der Waals surface area contributed by atoms with E-state index in [-0.39, 0.29) is 87.7 Å². The van der Waals surface area contributed by atoms with Crippen LogP contribution in [0.15, 0.2) is 12.1 Å². The summed E-state index contributed by atoms with van der Waals surface area (Å²) >= 11 is 14.2. The van der Waals surface area contributed by atoms with Gasteiger partial charge in [-0.15, -0.1) is 11.3 Å². The fourth-order valence-electron chi connectivity index (χ4n) is 4.89. The number of ketones is 1. The third kappa shape index (κ3) is 7.26. The number of methoxy groups -OCH3 is 2. The van der Waals surface area contributed by atoms with E-state index >= 15 is 4.39 Å². The van der Waals surface area contributed by atoms with E-state index in [9.17, 15) is 19.2 Å². The number of thiophene rings is 1. The summed E-state index contributed by atoms with van der Waals surface area (Å²) in [4.78, 5) is 49.3. The van der Waals surface area contributed by atoms with Crippen molar-refractivity contribution in [3.8, 4) is 23.0 Å². The zero-order valence-electron chi connectivity index (χ0n) is 25.4. The van der Waals surface area contributed by atoms with Crippen molar-refractivity contribution >= 4 is 68.3 Å². The van der Waals surface area contributed by atoms with Gasteiger partial charge in [0.2, 0.25) is 5.91 Å². The smallest absolute Gasteiger partial charge is 0.306 e. The summed E-state index contributed by atoms with van der Waals surface area (Å²) < 4.78 is 38.0. The maximum atomic E-state index is 15.3. The first-order chi connectivity index (χ1) is 21.8. The molecule has 2 atom stereocenters. The molecule has 0 spiro atoms. The first kappa shape index (κ1) is 35.1.